The van der Waals surface area contributed by atoms with Crippen LogP contribution in [0.3, 0.4) is 0 Å². The first-order valence-electron chi connectivity index (χ1n) is 6.52. The third-order valence-corrected chi connectivity index (χ3v) is 4.14. The van der Waals surface area contributed by atoms with E-state index in [1.807, 2.05) is 18.2 Å². The van der Waals surface area contributed by atoms with E-state index < -0.39 is 0 Å². The normalized spacial score (nSPS) is 10.8. The lowest BCUT2D eigenvalue weighted by molar-refractivity contribution is 0.296. The maximum atomic E-state index is 9.32. The maximum absolute atomic E-state index is 9.32. The summed E-state index contributed by atoms with van der Waals surface area (Å²) in [6, 6.07) is 6.28. The number of rotatable bonds is 7. The molecule has 0 aliphatic rings. The number of aliphatic hydroxyl groups excluding tert-OH is 1. The van der Waals surface area contributed by atoms with Gasteiger partial charge in [-0.05, 0) is 40.9 Å². The number of nitrogens with two attached hydrogens (primary N) is 1. The summed E-state index contributed by atoms with van der Waals surface area (Å²) in [5, 5.41) is 9.32. The van der Waals surface area contributed by atoms with Crippen LogP contribution in [0.4, 0.5) is 5.69 Å². The molecule has 1 aromatic carbocycles. The lowest BCUT2D eigenvalue weighted by Gasteiger charge is -2.34. The Morgan fingerprint density at radius 3 is 2.53 bits per heavy atom. The molecule has 3 nitrogen and oxygen atoms in total. The van der Waals surface area contributed by atoms with E-state index in [0.717, 1.165) is 28.6 Å². The Bertz CT molecular complexity index is 435. The number of aliphatic hydroxyl groups is 1. The van der Waals surface area contributed by atoms with E-state index in [-0.39, 0.29) is 6.61 Å². The van der Waals surface area contributed by atoms with Crippen molar-refractivity contribution in [2.75, 3.05) is 18.1 Å². The van der Waals surface area contributed by atoms with Crippen LogP contribution >= 0.6 is 28.1 Å². The molecule has 0 aliphatic heterocycles. The van der Waals surface area contributed by atoms with Crippen molar-refractivity contribution in [3.8, 4) is 0 Å². The van der Waals surface area contributed by atoms with Gasteiger partial charge in [0, 0.05) is 28.3 Å². The van der Waals surface area contributed by atoms with Gasteiger partial charge in [0.2, 0.25) is 0 Å². The number of halogens is 1. The average Bonchev–Trinajstić information content (AvgIpc) is 2.38. The van der Waals surface area contributed by atoms with Gasteiger partial charge in [0.05, 0.1) is 6.61 Å². The lowest BCUT2D eigenvalue weighted by atomic mass is 10.1. The minimum absolute atomic E-state index is 0.111. The molecule has 1 aromatic rings. The highest BCUT2D eigenvalue weighted by Gasteiger charge is 2.20. The fourth-order valence-electron chi connectivity index (χ4n) is 2.33. The molecule has 1 rings (SSSR count). The molecule has 0 saturated carbocycles. The van der Waals surface area contributed by atoms with Gasteiger partial charge in [0.25, 0.3) is 0 Å². The van der Waals surface area contributed by atoms with Crippen LogP contribution in [0, 0.1) is 0 Å². The predicted octanol–water partition coefficient (Wildman–Crippen LogP) is 3.07. The number of thiocarbonyl (C=S) groups is 1. The number of hydrogen-bond donors (Lipinski definition) is 2. The van der Waals surface area contributed by atoms with Crippen LogP contribution in [0.25, 0.3) is 0 Å². The van der Waals surface area contributed by atoms with Crippen molar-refractivity contribution in [1.29, 1.82) is 0 Å². The lowest BCUT2D eigenvalue weighted by Crippen LogP contribution is -2.38. The van der Waals surface area contributed by atoms with Crippen molar-refractivity contribution in [1.82, 2.24) is 0 Å². The van der Waals surface area contributed by atoms with E-state index in [2.05, 4.69) is 34.7 Å². The Hall–Kier alpha value is -0.650. The van der Waals surface area contributed by atoms with Crippen LogP contribution in [0.15, 0.2) is 22.7 Å². The van der Waals surface area contributed by atoms with Gasteiger partial charge in [-0.15, -0.1) is 0 Å². The van der Waals surface area contributed by atoms with Gasteiger partial charge in [-0.25, -0.2) is 0 Å². The Morgan fingerprint density at radius 1 is 1.42 bits per heavy atom. The van der Waals surface area contributed by atoms with E-state index in [4.69, 9.17) is 18.0 Å². The summed E-state index contributed by atoms with van der Waals surface area (Å²) in [5.41, 5.74) is 7.68. The summed E-state index contributed by atoms with van der Waals surface area (Å²) in [6.07, 6.45) is 2.03. The zero-order chi connectivity index (χ0) is 14.4. The van der Waals surface area contributed by atoms with Crippen molar-refractivity contribution in [2.45, 2.75) is 32.7 Å². The van der Waals surface area contributed by atoms with Gasteiger partial charge in [0.1, 0.15) is 4.99 Å². The molecule has 0 bridgehead atoms. The molecule has 0 radical (unpaired) electrons. The summed E-state index contributed by atoms with van der Waals surface area (Å²) < 4.78 is 0.895. The standard InChI is InChI=1S/C14H21BrN2OS/c1-3-10(4-2)17(8-9-18)12-7-5-6-11(15)13(12)14(16)19/h5-7,10,18H,3-4,8-9H2,1-2H3,(H2,16,19). The summed E-state index contributed by atoms with van der Waals surface area (Å²) >= 11 is 8.66. The molecule has 19 heavy (non-hydrogen) atoms. The first-order chi connectivity index (χ1) is 9.06. The molecule has 0 amide bonds. The highest BCUT2D eigenvalue weighted by atomic mass is 79.9. The summed E-state index contributed by atoms with van der Waals surface area (Å²) in [6.45, 7) is 4.99. The van der Waals surface area contributed by atoms with Gasteiger partial charge in [0.15, 0.2) is 0 Å². The maximum Gasteiger partial charge on any atom is 0.107 e. The van der Waals surface area contributed by atoms with Crippen molar-refractivity contribution >= 4 is 38.8 Å². The van der Waals surface area contributed by atoms with E-state index >= 15 is 0 Å². The van der Waals surface area contributed by atoms with Gasteiger partial charge < -0.3 is 15.7 Å². The molecule has 0 saturated heterocycles. The zero-order valence-corrected chi connectivity index (χ0v) is 13.8. The molecule has 0 atom stereocenters. The second-order valence-electron chi connectivity index (χ2n) is 4.39. The first-order valence-corrected chi connectivity index (χ1v) is 7.72. The van der Waals surface area contributed by atoms with Crippen molar-refractivity contribution in [3.63, 3.8) is 0 Å². The SMILES string of the molecule is CCC(CC)N(CCO)c1cccc(Br)c1C(N)=S. The van der Waals surface area contributed by atoms with Crippen LogP contribution in [-0.4, -0.2) is 29.3 Å². The third kappa shape index (κ3) is 3.91. The van der Waals surface area contributed by atoms with Gasteiger partial charge in [-0.3, -0.25) is 0 Å². The van der Waals surface area contributed by atoms with E-state index in [9.17, 15) is 5.11 Å². The molecule has 0 spiro atoms. The molecule has 0 heterocycles. The number of hydrogen-bond acceptors (Lipinski definition) is 3. The molecule has 0 aromatic heterocycles. The fraction of sp³-hybridized carbons (Fsp3) is 0.500. The average molecular weight is 345 g/mol. The zero-order valence-electron chi connectivity index (χ0n) is 11.4. The van der Waals surface area contributed by atoms with Gasteiger partial charge in [-0.2, -0.15) is 0 Å². The molecule has 0 aliphatic carbocycles. The molecule has 5 heteroatoms. The molecular weight excluding hydrogens is 324 g/mol. The second kappa shape index (κ2) is 7.82. The van der Waals surface area contributed by atoms with Gasteiger partial charge in [-0.1, -0.05) is 32.1 Å². The summed E-state index contributed by atoms with van der Waals surface area (Å²) in [7, 11) is 0. The summed E-state index contributed by atoms with van der Waals surface area (Å²) in [4.78, 5) is 2.57. The monoisotopic (exact) mass is 344 g/mol. The Labute approximate surface area is 128 Å². The summed E-state index contributed by atoms with van der Waals surface area (Å²) in [5.74, 6) is 0. The Morgan fingerprint density at radius 2 is 2.05 bits per heavy atom. The molecule has 0 fully saturated rings. The van der Waals surface area contributed by atoms with E-state index in [1.165, 1.54) is 0 Å². The van der Waals surface area contributed by atoms with Crippen LogP contribution in [0.1, 0.15) is 32.3 Å². The predicted molar refractivity (Wildman–Crippen MR) is 88.8 cm³/mol. The fourth-order valence-corrected chi connectivity index (χ4v) is 3.25. The molecule has 3 N–H and O–H groups in total. The second-order valence-corrected chi connectivity index (χ2v) is 5.68. The van der Waals surface area contributed by atoms with E-state index in [1.54, 1.807) is 0 Å². The minimum Gasteiger partial charge on any atom is -0.395 e. The molecular formula is C14H21BrN2OS. The molecule has 106 valence electrons. The van der Waals surface area contributed by atoms with Crippen LogP contribution in [-0.2, 0) is 0 Å². The van der Waals surface area contributed by atoms with Gasteiger partial charge >= 0.3 is 0 Å². The third-order valence-electron chi connectivity index (χ3n) is 3.27. The molecule has 0 unspecified atom stereocenters. The van der Waals surface area contributed by atoms with Crippen LogP contribution < -0.4 is 10.6 Å². The van der Waals surface area contributed by atoms with Crippen molar-refractivity contribution in [3.05, 3.63) is 28.2 Å². The largest absolute Gasteiger partial charge is 0.395 e. The van der Waals surface area contributed by atoms with Crippen molar-refractivity contribution in [2.24, 2.45) is 5.73 Å². The van der Waals surface area contributed by atoms with E-state index in [0.29, 0.717) is 17.6 Å². The Balaban J connectivity index is 3.29. The number of anilines is 1. The van der Waals surface area contributed by atoms with Crippen LogP contribution in [0.2, 0.25) is 0 Å². The van der Waals surface area contributed by atoms with Crippen molar-refractivity contribution < 1.29 is 5.11 Å². The quantitative estimate of drug-likeness (QED) is 0.746. The topological polar surface area (TPSA) is 49.5 Å². The highest BCUT2D eigenvalue weighted by Crippen LogP contribution is 2.30. The number of benzene rings is 1. The highest BCUT2D eigenvalue weighted by molar-refractivity contribution is 9.10. The smallest absolute Gasteiger partial charge is 0.107 e. The van der Waals surface area contributed by atoms with Crippen LogP contribution in [0.5, 0.6) is 0 Å². The Kier molecular flexibility index (Phi) is 6.75. The number of nitrogens with zero attached hydrogens (tertiary/aromatic N) is 1. The minimum atomic E-state index is 0.111. The first kappa shape index (κ1) is 16.4.